The van der Waals surface area contributed by atoms with E-state index in [-0.39, 0.29) is 0 Å². The molecule has 2 aromatic rings. The standard InChI is InChI=1S/C23H24N2O4/c1-2-15-27-16-9-10-17-28-22(19-11-5-3-6-12-19)23(29-21(26)18-25-24)20-13-7-4-8-14-20/h2-14,18,22-23H,1,15-17H2/b10-9+/t22-,23-/m1/s1. The van der Waals surface area contributed by atoms with Gasteiger partial charge in [0.2, 0.25) is 0 Å². The predicted octanol–water partition coefficient (Wildman–Crippen LogP) is 4.09. The second kappa shape index (κ2) is 13.0. The van der Waals surface area contributed by atoms with Gasteiger partial charge in [-0.05, 0) is 11.1 Å². The van der Waals surface area contributed by atoms with Crippen LogP contribution in [0.1, 0.15) is 23.3 Å². The maximum atomic E-state index is 12.0. The molecule has 29 heavy (non-hydrogen) atoms. The third-order valence-electron chi connectivity index (χ3n) is 3.93. The highest BCUT2D eigenvalue weighted by atomic mass is 16.6. The van der Waals surface area contributed by atoms with Gasteiger partial charge in [0.15, 0.2) is 6.10 Å². The number of carbonyl (C=O) groups is 1. The molecule has 6 nitrogen and oxygen atoms in total. The van der Waals surface area contributed by atoms with Crippen LogP contribution in [0.15, 0.2) is 85.5 Å². The van der Waals surface area contributed by atoms with E-state index in [2.05, 4.69) is 11.4 Å². The lowest BCUT2D eigenvalue weighted by Crippen LogP contribution is -2.22. The molecule has 0 heterocycles. The van der Waals surface area contributed by atoms with Crippen LogP contribution in [0.3, 0.4) is 0 Å². The monoisotopic (exact) mass is 392 g/mol. The van der Waals surface area contributed by atoms with E-state index >= 15 is 0 Å². The van der Waals surface area contributed by atoms with Crippen molar-refractivity contribution >= 4 is 12.2 Å². The Morgan fingerprint density at radius 1 is 0.931 bits per heavy atom. The summed E-state index contributed by atoms with van der Waals surface area (Å²) in [6, 6.07) is 18.8. The fourth-order valence-corrected chi connectivity index (χ4v) is 2.67. The number of esters is 1. The molecule has 6 heteroatoms. The molecule has 0 aliphatic rings. The molecule has 0 saturated heterocycles. The van der Waals surface area contributed by atoms with Crippen LogP contribution in [-0.2, 0) is 19.0 Å². The first-order valence-electron chi connectivity index (χ1n) is 9.19. The smallest absolute Gasteiger partial charge is 0.414 e. The van der Waals surface area contributed by atoms with Crippen LogP contribution in [0.5, 0.6) is 0 Å². The molecular weight excluding hydrogens is 368 g/mol. The second-order valence-corrected chi connectivity index (χ2v) is 5.97. The highest BCUT2D eigenvalue weighted by Crippen LogP contribution is 2.35. The molecule has 0 saturated carbocycles. The number of hydrogen-bond acceptors (Lipinski definition) is 4. The topological polar surface area (TPSA) is 81.2 Å². The molecule has 2 atom stereocenters. The number of ether oxygens (including phenoxy) is 3. The van der Waals surface area contributed by atoms with Crippen LogP contribution in [0, 0.1) is 0 Å². The van der Waals surface area contributed by atoms with Gasteiger partial charge < -0.3 is 19.7 Å². The zero-order valence-electron chi connectivity index (χ0n) is 16.1. The Kier molecular flexibility index (Phi) is 9.83. The van der Waals surface area contributed by atoms with Crippen molar-refractivity contribution in [3.63, 3.8) is 0 Å². The first kappa shape index (κ1) is 22.0. The van der Waals surface area contributed by atoms with Crippen molar-refractivity contribution in [3.8, 4) is 0 Å². The quantitative estimate of drug-likeness (QED) is 0.136. The number of carbonyl (C=O) groups excluding carboxylic acids is 1. The van der Waals surface area contributed by atoms with Crippen LogP contribution >= 0.6 is 0 Å². The highest BCUT2D eigenvalue weighted by molar-refractivity contribution is 6.20. The summed E-state index contributed by atoms with van der Waals surface area (Å²) < 4.78 is 17.0. The maximum absolute atomic E-state index is 12.0. The Morgan fingerprint density at radius 3 is 2.10 bits per heavy atom. The van der Waals surface area contributed by atoms with E-state index in [9.17, 15) is 4.79 Å². The summed E-state index contributed by atoms with van der Waals surface area (Å²) in [5.74, 6) is -0.765. The molecule has 0 radical (unpaired) electrons. The zero-order valence-corrected chi connectivity index (χ0v) is 16.1. The van der Waals surface area contributed by atoms with Crippen LogP contribution in [0.25, 0.3) is 5.53 Å². The van der Waals surface area contributed by atoms with Gasteiger partial charge in [-0.15, -0.1) is 6.58 Å². The molecule has 2 aromatic carbocycles. The molecule has 0 aromatic heterocycles. The Morgan fingerprint density at radius 2 is 1.52 bits per heavy atom. The van der Waals surface area contributed by atoms with Crippen molar-refractivity contribution in [1.82, 2.24) is 0 Å². The van der Waals surface area contributed by atoms with Crippen molar-refractivity contribution in [1.29, 1.82) is 0 Å². The molecule has 0 unspecified atom stereocenters. The SMILES string of the molecule is C=CCOC/C=C/CO[C@H](c1ccccc1)[C@H](OC(=O)C=[N+]=[N-])c1ccccc1. The van der Waals surface area contributed by atoms with Crippen LogP contribution in [0.4, 0.5) is 0 Å². The Balaban J connectivity index is 2.23. The molecule has 0 bridgehead atoms. The minimum absolute atomic E-state index is 0.298. The predicted molar refractivity (Wildman–Crippen MR) is 110 cm³/mol. The van der Waals surface area contributed by atoms with Crippen molar-refractivity contribution in [2.75, 3.05) is 19.8 Å². The molecule has 0 fully saturated rings. The van der Waals surface area contributed by atoms with E-state index in [1.54, 1.807) is 6.08 Å². The number of nitrogens with zero attached hydrogens (tertiary/aromatic N) is 2. The molecule has 0 spiro atoms. The number of hydrogen-bond donors (Lipinski definition) is 0. The van der Waals surface area contributed by atoms with Gasteiger partial charge in [0.25, 0.3) is 0 Å². The van der Waals surface area contributed by atoms with Crippen LogP contribution in [0.2, 0.25) is 0 Å². The first-order chi connectivity index (χ1) is 14.3. The Labute approximate surface area is 170 Å². The van der Waals surface area contributed by atoms with Crippen LogP contribution in [-0.4, -0.2) is 36.8 Å². The highest BCUT2D eigenvalue weighted by Gasteiger charge is 2.29. The Hall–Kier alpha value is -3.31. The lowest BCUT2D eigenvalue weighted by Gasteiger charge is -2.27. The van der Waals surface area contributed by atoms with E-state index in [4.69, 9.17) is 19.7 Å². The van der Waals surface area contributed by atoms with Gasteiger partial charge in [-0.1, -0.05) is 78.9 Å². The van der Waals surface area contributed by atoms with Crippen LogP contribution < -0.4 is 0 Å². The minimum Gasteiger partial charge on any atom is -0.446 e. The second-order valence-electron chi connectivity index (χ2n) is 5.97. The summed E-state index contributed by atoms with van der Waals surface area (Å²) in [5, 5.41) is 0. The average Bonchev–Trinajstić information content (AvgIpc) is 2.76. The molecule has 0 aliphatic heterocycles. The van der Waals surface area contributed by atoms with Crippen molar-refractivity contribution in [3.05, 3.63) is 102 Å². The molecule has 2 rings (SSSR count). The van der Waals surface area contributed by atoms with Gasteiger partial charge in [-0.25, -0.2) is 4.79 Å². The lowest BCUT2D eigenvalue weighted by molar-refractivity contribution is -0.153. The van der Waals surface area contributed by atoms with Gasteiger partial charge in [-0.3, -0.25) is 0 Å². The molecule has 0 amide bonds. The van der Waals surface area contributed by atoms with E-state index < -0.39 is 18.2 Å². The summed E-state index contributed by atoms with van der Waals surface area (Å²) >= 11 is 0. The summed E-state index contributed by atoms with van der Waals surface area (Å²) in [4.78, 5) is 14.8. The van der Waals surface area contributed by atoms with Gasteiger partial charge in [0.1, 0.15) is 6.10 Å². The molecule has 150 valence electrons. The molecule has 0 aliphatic carbocycles. The Bertz CT molecular complexity index is 830. The van der Waals surface area contributed by atoms with Crippen molar-refractivity contribution in [2.24, 2.45) is 0 Å². The first-order valence-corrected chi connectivity index (χ1v) is 9.19. The van der Waals surface area contributed by atoms with E-state index in [1.807, 2.05) is 72.8 Å². The largest absolute Gasteiger partial charge is 0.446 e. The summed E-state index contributed by atoms with van der Waals surface area (Å²) in [5.41, 5.74) is 10.3. The average molecular weight is 392 g/mol. The fraction of sp³-hybridized carbons (Fsp3) is 0.217. The van der Waals surface area contributed by atoms with Crippen molar-refractivity contribution < 1.29 is 23.8 Å². The minimum atomic E-state index is -0.765. The third-order valence-corrected chi connectivity index (χ3v) is 3.93. The van der Waals surface area contributed by atoms with Crippen molar-refractivity contribution in [2.45, 2.75) is 12.2 Å². The lowest BCUT2D eigenvalue weighted by atomic mass is 9.98. The van der Waals surface area contributed by atoms with Gasteiger partial charge >= 0.3 is 12.2 Å². The zero-order chi connectivity index (χ0) is 20.7. The van der Waals surface area contributed by atoms with E-state index in [0.717, 1.165) is 17.3 Å². The summed E-state index contributed by atoms with van der Waals surface area (Å²) in [7, 11) is 0. The normalized spacial score (nSPS) is 12.7. The maximum Gasteiger partial charge on any atom is 0.414 e. The van der Waals surface area contributed by atoms with E-state index in [0.29, 0.717) is 19.8 Å². The molecular formula is C23H24N2O4. The van der Waals surface area contributed by atoms with Gasteiger partial charge in [-0.2, -0.15) is 4.79 Å². The fourth-order valence-electron chi connectivity index (χ4n) is 2.67. The third kappa shape index (κ3) is 7.68. The number of benzene rings is 2. The summed E-state index contributed by atoms with van der Waals surface area (Å²) in [6.07, 6.45) is 4.81. The summed E-state index contributed by atoms with van der Waals surface area (Å²) in [6.45, 7) is 4.83. The number of rotatable bonds is 12. The van der Waals surface area contributed by atoms with Gasteiger partial charge in [0, 0.05) is 0 Å². The van der Waals surface area contributed by atoms with Gasteiger partial charge in [0.05, 0.1) is 19.8 Å². The molecule has 0 N–H and O–H groups in total. The van der Waals surface area contributed by atoms with E-state index in [1.165, 1.54) is 0 Å².